The molecule has 0 radical (unpaired) electrons. The molecular formula is C20H28N2O2. The van der Waals surface area contributed by atoms with E-state index in [4.69, 9.17) is 5.73 Å². The van der Waals surface area contributed by atoms with Gasteiger partial charge in [-0.15, -0.1) is 0 Å². The molecule has 3 rings (SSSR count). The minimum absolute atomic E-state index is 0.110. The van der Waals surface area contributed by atoms with Gasteiger partial charge in [-0.1, -0.05) is 37.8 Å². The number of nitrogens with zero attached hydrogens (tertiary/aromatic N) is 1. The van der Waals surface area contributed by atoms with Crippen LogP contribution in [-0.4, -0.2) is 28.8 Å². The second kappa shape index (κ2) is 7.37. The number of nitrogens with two attached hydrogens (primary N) is 1. The molecule has 0 aromatic heterocycles. The van der Waals surface area contributed by atoms with Crippen LogP contribution in [-0.2, 0) is 11.2 Å². The number of amides is 2. The van der Waals surface area contributed by atoms with Crippen molar-refractivity contribution in [1.82, 2.24) is 4.90 Å². The van der Waals surface area contributed by atoms with Gasteiger partial charge in [-0.05, 0) is 49.8 Å². The maximum Gasteiger partial charge on any atom is 0.248 e. The molecule has 0 unspecified atom stereocenters. The number of piperidine rings is 1. The van der Waals surface area contributed by atoms with E-state index in [1.54, 1.807) is 12.1 Å². The van der Waals surface area contributed by atoms with Crippen molar-refractivity contribution in [3.63, 3.8) is 0 Å². The van der Waals surface area contributed by atoms with E-state index in [1.165, 1.54) is 51.4 Å². The minimum Gasteiger partial charge on any atom is -0.366 e. The Balaban J connectivity index is 1.73. The fourth-order valence-electron chi connectivity index (χ4n) is 4.45. The van der Waals surface area contributed by atoms with Gasteiger partial charge in [0.25, 0.3) is 0 Å². The summed E-state index contributed by atoms with van der Waals surface area (Å²) >= 11 is 0. The second-order valence-electron chi connectivity index (χ2n) is 7.38. The fourth-order valence-corrected chi connectivity index (χ4v) is 4.45. The predicted molar refractivity (Wildman–Crippen MR) is 94.7 cm³/mol. The predicted octanol–water partition coefficient (Wildman–Crippen LogP) is 3.43. The SMILES string of the molecule is NC(=O)c1ccc(CC(=O)N2CCCCC23CCCCCC3)cc1. The molecular weight excluding hydrogens is 300 g/mol. The average molecular weight is 328 g/mol. The summed E-state index contributed by atoms with van der Waals surface area (Å²) in [6.07, 6.45) is 11.4. The summed E-state index contributed by atoms with van der Waals surface area (Å²) < 4.78 is 0. The third-order valence-corrected chi connectivity index (χ3v) is 5.78. The lowest BCUT2D eigenvalue weighted by atomic mass is 9.80. The first kappa shape index (κ1) is 17.0. The number of likely N-dealkylation sites (tertiary alicyclic amines) is 1. The molecule has 1 saturated heterocycles. The Bertz CT molecular complexity index is 586. The second-order valence-corrected chi connectivity index (χ2v) is 7.38. The zero-order chi connectivity index (χ0) is 17.0. The number of carbonyl (C=O) groups excluding carboxylic acids is 2. The van der Waals surface area contributed by atoms with Crippen molar-refractivity contribution in [3.8, 4) is 0 Å². The molecule has 1 aliphatic carbocycles. The van der Waals surface area contributed by atoms with Crippen LogP contribution in [0.2, 0.25) is 0 Å². The highest BCUT2D eigenvalue weighted by Crippen LogP contribution is 2.40. The highest BCUT2D eigenvalue weighted by Gasteiger charge is 2.40. The first-order chi connectivity index (χ1) is 11.6. The summed E-state index contributed by atoms with van der Waals surface area (Å²) in [4.78, 5) is 26.4. The molecule has 2 amide bonds. The van der Waals surface area contributed by atoms with Gasteiger partial charge in [-0.3, -0.25) is 9.59 Å². The van der Waals surface area contributed by atoms with Crippen LogP contribution in [0.3, 0.4) is 0 Å². The Labute approximate surface area is 144 Å². The van der Waals surface area contributed by atoms with E-state index in [-0.39, 0.29) is 11.4 Å². The first-order valence-corrected chi connectivity index (χ1v) is 9.30. The van der Waals surface area contributed by atoms with Crippen molar-refractivity contribution < 1.29 is 9.59 Å². The summed E-state index contributed by atoms with van der Waals surface area (Å²) in [5, 5.41) is 0. The van der Waals surface area contributed by atoms with E-state index in [0.29, 0.717) is 12.0 Å². The third kappa shape index (κ3) is 3.63. The van der Waals surface area contributed by atoms with Gasteiger partial charge >= 0.3 is 0 Å². The topological polar surface area (TPSA) is 63.4 Å². The molecule has 1 spiro atoms. The van der Waals surface area contributed by atoms with Crippen LogP contribution in [0.4, 0.5) is 0 Å². The zero-order valence-electron chi connectivity index (χ0n) is 14.4. The quantitative estimate of drug-likeness (QED) is 0.924. The highest BCUT2D eigenvalue weighted by molar-refractivity contribution is 5.92. The Hall–Kier alpha value is -1.84. The van der Waals surface area contributed by atoms with Crippen molar-refractivity contribution in [3.05, 3.63) is 35.4 Å². The maximum atomic E-state index is 13.0. The number of hydrogen-bond donors (Lipinski definition) is 1. The van der Waals surface area contributed by atoms with Crippen molar-refractivity contribution in [2.75, 3.05) is 6.54 Å². The molecule has 1 aromatic rings. The molecule has 1 saturated carbocycles. The molecule has 24 heavy (non-hydrogen) atoms. The monoisotopic (exact) mass is 328 g/mol. The Morgan fingerprint density at radius 2 is 1.50 bits per heavy atom. The molecule has 1 heterocycles. The average Bonchev–Trinajstić information content (AvgIpc) is 2.81. The largest absolute Gasteiger partial charge is 0.366 e. The number of hydrogen-bond acceptors (Lipinski definition) is 2. The Morgan fingerprint density at radius 3 is 2.08 bits per heavy atom. The smallest absolute Gasteiger partial charge is 0.248 e. The normalized spacial score (nSPS) is 20.6. The van der Waals surface area contributed by atoms with Gasteiger partial charge in [0.2, 0.25) is 11.8 Å². The maximum absolute atomic E-state index is 13.0. The number of primary amides is 1. The van der Waals surface area contributed by atoms with Gasteiger partial charge in [0.1, 0.15) is 0 Å². The van der Waals surface area contributed by atoms with E-state index >= 15 is 0 Å². The van der Waals surface area contributed by atoms with E-state index in [1.807, 2.05) is 12.1 Å². The Kier molecular flexibility index (Phi) is 5.22. The molecule has 1 aliphatic heterocycles. The van der Waals surface area contributed by atoms with Crippen LogP contribution in [0.25, 0.3) is 0 Å². The molecule has 2 N–H and O–H groups in total. The number of benzene rings is 1. The van der Waals surface area contributed by atoms with Gasteiger partial charge in [-0.25, -0.2) is 0 Å². The van der Waals surface area contributed by atoms with E-state index in [9.17, 15) is 9.59 Å². The van der Waals surface area contributed by atoms with Gasteiger partial charge in [-0.2, -0.15) is 0 Å². The molecule has 4 heteroatoms. The highest BCUT2D eigenvalue weighted by atomic mass is 16.2. The van der Waals surface area contributed by atoms with Crippen LogP contribution in [0.15, 0.2) is 24.3 Å². The molecule has 0 atom stereocenters. The van der Waals surface area contributed by atoms with Crippen LogP contribution in [0.1, 0.15) is 73.7 Å². The molecule has 2 aliphatic rings. The van der Waals surface area contributed by atoms with Crippen molar-refractivity contribution >= 4 is 11.8 Å². The summed E-state index contributed by atoms with van der Waals surface area (Å²) in [5.41, 5.74) is 6.83. The lowest BCUT2D eigenvalue weighted by Gasteiger charge is -2.47. The number of carbonyl (C=O) groups is 2. The minimum atomic E-state index is -0.429. The molecule has 4 nitrogen and oxygen atoms in total. The number of rotatable bonds is 3. The van der Waals surface area contributed by atoms with E-state index in [2.05, 4.69) is 4.90 Å². The summed E-state index contributed by atoms with van der Waals surface area (Å²) in [6.45, 7) is 0.901. The van der Waals surface area contributed by atoms with Gasteiger partial charge < -0.3 is 10.6 Å². The molecule has 2 fully saturated rings. The van der Waals surface area contributed by atoms with Crippen molar-refractivity contribution in [2.24, 2.45) is 5.73 Å². The molecule has 130 valence electrons. The zero-order valence-corrected chi connectivity index (χ0v) is 14.4. The van der Waals surface area contributed by atoms with Gasteiger partial charge in [0, 0.05) is 17.6 Å². The van der Waals surface area contributed by atoms with Crippen LogP contribution in [0.5, 0.6) is 0 Å². The van der Waals surface area contributed by atoms with Crippen LogP contribution < -0.4 is 5.73 Å². The van der Waals surface area contributed by atoms with Gasteiger partial charge in [0.15, 0.2) is 0 Å². The first-order valence-electron chi connectivity index (χ1n) is 9.30. The summed E-state index contributed by atoms with van der Waals surface area (Å²) in [7, 11) is 0. The van der Waals surface area contributed by atoms with Crippen molar-refractivity contribution in [2.45, 2.75) is 69.7 Å². The van der Waals surface area contributed by atoms with Crippen molar-refractivity contribution in [1.29, 1.82) is 0 Å². The lowest BCUT2D eigenvalue weighted by Crippen LogP contribution is -2.54. The van der Waals surface area contributed by atoms with Crippen LogP contribution in [0, 0.1) is 0 Å². The molecule has 0 bridgehead atoms. The Morgan fingerprint density at radius 1 is 0.917 bits per heavy atom. The standard InChI is InChI=1S/C20H28N2O2/c21-19(24)17-9-7-16(8-10-17)15-18(23)22-14-6-5-13-20(22)11-3-1-2-4-12-20/h7-10H,1-6,11-15H2,(H2,21,24). The van der Waals surface area contributed by atoms with E-state index in [0.717, 1.165) is 18.5 Å². The fraction of sp³-hybridized carbons (Fsp3) is 0.600. The van der Waals surface area contributed by atoms with Gasteiger partial charge in [0.05, 0.1) is 6.42 Å². The summed E-state index contributed by atoms with van der Waals surface area (Å²) in [6, 6.07) is 7.12. The molecule has 1 aromatic carbocycles. The van der Waals surface area contributed by atoms with E-state index < -0.39 is 5.91 Å². The summed E-state index contributed by atoms with van der Waals surface area (Å²) in [5.74, 6) is -0.190. The van der Waals surface area contributed by atoms with Crippen LogP contribution >= 0.6 is 0 Å². The third-order valence-electron chi connectivity index (χ3n) is 5.78. The lowest BCUT2D eigenvalue weighted by molar-refractivity contribution is -0.140.